The Morgan fingerprint density at radius 1 is 1.38 bits per heavy atom. The molecule has 1 aliphatic heterocycles. The molecule has 1 saturated heterocycles. The van der Waals surface area contributed by atoms with Crippen LogP contribution in [0.5, 0.6) is 5.75 Å². The number of ether oxygens (including phenoxy) is 2. The standard InChI is InChI=1S/C12H12N4O5/c1-16-4-6(21-12(16)19)5-20-8-3-13-2-7-9(8)14-11(18)15-10(7)17/h2-3,6H,4-5H2,1H3,(H2,14,15,17,18). The molecule has 21 heavy (non-hydrogen) atoms. The van der Waals surface area contributed by atoms with Gasteiger partial charge < -0.3 is 19.4 Å². The van der Waals surface area contributed by atoms with Crippen LogP contribution in [0.2, 0.25) is 0 Å². The average Bonchev–Trinajstić information content (AvgIpc) is 2.75. The van der Waals surface area contributed by atoms with Gasteiger partial charge in [0, 0.05) is 13.2 Å². The second-order valence-corrected chi connectivity index (χ2v) is 4.67. The number of nitrogens with zero attached hydrogens (tertiary/aromatic N) is 2. The molecule has 0 aliphatic carbocycles. The van der Waals surface area contributed by atoms with E-state index in [0.717, 1.165) is 0 Å². The van der Waals surface area contributed by atoms with Crippen molar-refractivity contribution in [3.63, 3.8) is 0 Å². The SMILES string of the molecule is CN1CC(COc2cncc3c(=O)[nH]c(=O)[nH]c23)OC1=O. The number of H-pyrrole nitrogens is 2. The number of amides is 1. The summed E-state index contributed by atoms with van der Waals surface area (Å²) in [5, 5.41) is 0.215. The third-order valence-electron chi connectivity index (χ3n) is 3.10. The zero-order valence-corrected chi connectivity index (χ0v) is 11.1. The summed E-state index contributed by atoms with van der Waals surface area (Å²) in [7, 11) is 1.62. The lowest BCUT2D eigenvalue weighted by Crippen LogP contribution is -2.25. The number of likely N-dealkylation sites (N-methyl/N-ethyl adjacent to an activating group) is 1. The number of carbonyl (C=O) groups excluding carboxylic acids is 1. The molecule has 1 aliphatic rings. The van der Waals surface area contributed by atoms with Crippen LogP contribution in [0, 0.1) is 0 Å². The number of fused-ring (bicyclic) bond motifs is 1. The van der Waals surface area contributed by atoms with Crippen LogP contribution >= 0.6 is 0 Å². The van der Waals surface area contributed by atoms with Crippen LogP contribution < -0.4 is 16.0 Å². The average molecular weight is 292 g/mol. The van der Waals surface area contributed by atoms with E-state index in [1.807, 2.05) is 0 Å². The van der Waals surface area contributed by atoms with E-state index < -0.39 is 23.4 Å². The minimum Gasteiger partial charge on any atom is -0.486 e. The smallest absolute Gasteiger partial charge is 0.410 e. The Kier molecular flexibility index (Phi) is 3.09. The second kappa shape index (κ2) is 4.93. The van der Waals surface area contributed by atoms with Crippen molar-refractivity contribution in [2.45, 2.75) is 6.10 Å². The Hall–Kier alpha value is -2.84. The molecular weight excluding hydrogens is 280 g/mol. The number of rotatable bonds is 3. The molecule has 1 fully saturated rings. The fourth-order valence-electron chi connectivity index (χ4n) is 2.09. The molecule has 0 aromatic carbocycles. The molecule has 3 heterocycles. The van der Waals surface area contributed by atoms with Crippen molar-refractivity contribution < 1.29 is 14.3 Å². The molecule has 1 unspecified atom stereocenters. The van der Waals surface area contributed by atoms with Gasteiger partial charge in [-0.1, -0.05) is 0 Å². The summed E-state index contributed by atoms with van der Waals surface area (Å²) in [5.41, 5.74) is -0.911. The topological polar surface area (TPSA) is 117 Å². The number of carbonyl (C=O) groups is 1. The van der Waals surface area contributed by atoms with Gasteiger partial charge in [0.1, 0.15) is 12.1 Å². The third kappa shape index (κ3) is 2.45. The summed E-state index contributed by atoms with van der Waals surface area (Å²) in [6, 6.07) is 0. The van der Waals surface area contributed by atoms with Crippen molar-refractivity contribution in [1.29, 1.82) is 0 Å². The van der Waals surface area contributed by atoms with Crippen LogP contribution in [0.4, 0.5) is 4.79 Å². The number of nitrogens with one attached hydrogen (secondary N) is 2. The summed E-state index contributed by atoms with van der Waals surface area (Å²) in [4.78, 5) is 44.2. The number of pyridine rings is 1. The van der Waals surface area contributed by atoms with Crippen molar-refractivity contribution in [2.75, 3.05) is 20.2 Å². The normalized spacial score (nSPS) is 18.0. The minimum atomic E-state index is -0.629. The van der Waals surface area contributed by atoms with E-state index in [0.29, 0.717) is 6.54 Å². The minimum absolute atomic E-state index is 0.103. The van der Waals surface area contributed by atoms with E-state index in [9.17, 15) is 14.4 Å². The van der Waals surface area contributed by atoms with Gasteiger partial charge in [0.2, 0.25) is 0 Å². The first-order valence-corrected chi connectivity index (χ1v) is 6.19. The molecule has 1 amide bonds. The van der Waals surface area contributed by atoms with Gasteiger partial charge in [-0.3, -0.25) is 14.8 Å². The molecule has 2 N–H and O–H groups in total. The number of hydrogen-bond donors (Lipinski definition) is 2. The molecule has 0 bridgehead atoms. The van der Waals surface area contributed by atoms with Crippen LogP contribution in [0.15, 0.2) is 22.0 Å². The van der Waals surface area contributed by atoms with E-state index in [1.165, 1.54) is 17.3 Å². The molecule has 9 heteroatoms. The highest BCUT2D eigenvalue weighted by molar-refractivity contribution is 5.82. The van der Waals surface area contributed by atoms with E-state index in [2.05, 4.69) is 15.0 Å². The van der Waals surface area contributed by atoms with Crippen molar-refractivity contribution in [3.05, 3.63) is 33.2 Å². The zero-order valence-electron chi connectivity index (χ0n) is 11.1. The number of hydrogen-bond acceptors (Lipinski definition) is 6. The molecule has 0 saturated carbocycles. The predicted octanol–water partition coefficient (Wildman–Crippen LogP) is -0.559. The quantitative estimate of drug-likeness (QED) is 0.783. The van der Waals surface area contributed by atoms with E-state index in [4.69, 9.17) is 9.47 Å². The van der Waals surface area contributed by atoms with Gasteiger partial charge in [0.05, 0.1) is 18.1 Å². The Bertz CT molecular complexity index is 811. The van der Waals surface area contributed by atoms with Crippen LogP contribution in [-0.4, -0.2) is 52.2 Å². The second-order valence-electron chi connectivity index (χ2n) is 4.67. The molecule has 2 aromatic heterocycles. The van der Waals surface area contributed by atoms with Crippen LogP contribution in [0.3, 0.4) is 0 Å². The van der Waals surface area contributed by atoms with Gasteiger partial charge in [0.15, 0.2) is 11.9 Å². The van der Waals surface area contributed by atoms with Gasteiger partial charge in [-0.15, -0.1) is 0 Å². The molecule has 2 aromatic rings. The first-order chi connectivity index (χ1) is 10.0. The summed E-state index contributed by atoms with van der Waals surface area (Å²) < 4.78 is 10.6. The molecule has 9 nitrogen and oxygen atoms in total. The Labute approximate surface area is 117 Å². The first kappa shape index (κ1) is 13.2. The number of aromatic amines is 2. The molecule has 3 rings (SSSR count). The summed E-state index contributed by atoms with van der Waals surface area (Å²) in [6.45, 7) is 0.514. The fourth-order valence-corrected chi connectivity index (χ4v) is 2.09. The maximum Gasteiger partial charge on any atom is 0.410 e. The van der Waals surface area contributed by atoms with Gasteiger partial charge in [0.25, 0.3) is 5.56 Å². The molecule has 1 atom stereocenters. The molecule has 0 radical (unpaired) electrons. The van der Waals surface area contributed by atoms with E-state index in [-0.39, 0.29) is 23.3 Å². The highest BCUT2D eigenvalue weighted by atomic mass is 16.6. The van der Waals surface area contributed by atoms with Gasteiger partial charge in [-0.05, 0) is 0 Å². The van der Waals surface area contributed by atoms with Crippen molar-refractivity contribution >= 4 is 17.0 Å². The summed E-state index contributed by atoms with van der Waals surface area (Å²) >= 11 is 0. The maximum atomic E-state index is 11.7. The van der Waals surface area contributed by atoms with Crippen LogP contribution in [-0.2, 0) is 4.74 Å². The fraction of sp³-hybridized carbons (Fsp3) is 0.333. The highest BCUT2D eigenvalue weighted by Gasteiger charge is 2.28. The Balaban J connectivity index is 1.86. The van der Waals surface area contributed by atoms with Crippen molar-refractivity contribution in [3.8, 4) is 5.75 Å². The lowest BCUT2D eigenvalue weighted by atomic mass is 10.3. The zero-order chi connectivity index (χ0) is 15.0. The first-order valence-electron chi connectivity index (χ1n) is 6.19. The van der Waals surface area contributed by atoms with Gasteiger partial charge in [-0.25, -0.2) is 9.59 Å². The molecule has 0 spiro atoms. The van der Waals surface area contributed by atoms with E-state index >= 15 is 0 Å². The third-order valence-corrected chi connectivity index (χ3v) is 3.10. The maximum absolute atomic E-state index is 11.7. The number of aromatic nitrogens is 3. The van der Waals surface area contributed by atoms with Crippen LogP contribution in [0.1, 0.15) is 0 Å². The van der Waals surface area contributed by atoms with Crippen molar-refractivity contribution in [2.24, 2.45) is 0 Å². The lowest BCUT2D eigenvalue weighted by Gasteiger charge is -2.11. The number of cyclic esters (lactones) is 1. The molecular formula is C12H12N4O5. The van der Waals surface area contributed by atoms with Crippen molar-refractivity contribution in [1.82, 2.24) is 19.9 Å². The largest absolute Gasteiger partial charge is 0.486 e. The summed E-state index contributed by atoms with van der Waals surface area (Å²) in [6.07, 6.45) is 1.90. The highest BCUT2D eigenvalue weighted by Crippen LogP contribution is 2.19. The summed E-state index contributed by atoms with van der Waals surface area (Å²) in [5.74, 6) is 0.251. The monoisotopic (exact) mass is 292 g/mol. The molecule has 110 valence electrons. The Morgan fingerprint density at radius 2 is 2.19 bits per heavy atom. The van der Waals surface area contributed by atoms with E-state index in [1.54, 1.807) is 7.05 Å². The van der Waals surface area contributed by atoms with Gasteiger partial charge >= 0.3 is 11.8 Å². The Morgan fingerprint density at radius 3 is 2.90 bits per heavy atom. The predicted molar refractivity (Wildman–Crippen MR) is 71.4 cm³/mol. The lowest BCUT2D eigenvalue weighted by molar-refractivity contribution is 0.103. The van der Waals surface area contributed by atoms with Gasteiger partial charge in [-0.2, -0.15) is 0 Å². The van der Waals surface area contributed by atoms with Crippen LogP contribution in [0.25, 0.3) is 10.9 Å².